The van der Waals surface area contributed by atoms with Crippen molar-refractivity contribution < 1.29 is 19.4 Å². The number of aliphatic hydroxyl groups is 1. The summed E-state index contributed by atoms with van der Waals surface area (Å²) in [5.41, 5.74) is 0. The summed E-state index contributed by atoms with van der Waals surface area (Å²) in [4.78, 5) is 13.0. The second-order valence-electron chi connectivity index (χ2n) is 12.4. The zero-order chi connectivity index (χ0) is 24.9. The predicted octanol–water partition coefficient (Wildman–Crippen LogP) is 1.91. The molecule has 1 amide bonds. The number of hydrogen-bond acceptors (Lipinski definition) is 7. The molecule has 3 saturated heterocycles. The molecule has 3 aliphatic heterocycles. The number of nitrogens with one attached hydrogen (secondary N) is 4. The van der Waals surface area contributed by atoms with Gasteiger partial charge in [0, 0.05) is 30.6 Å². The van der Waals surface area contributed by atoms with Crippen LogP contribution in [0.15, 0.2) is 0 Å². The Bertz CT molecular complexity index is 705. The van der Waals surface area contributed by atoms with Crippen LogP contribution in [0.3, 0.4) is 0 Å². The molecule has 2 aliphatic carbocycles. The molecule has 8 heteroatoms. The van der Waals surface area contributed by atoms with Crippen molar-refractivity contribution in [3.05, 3.63) is 0 Å². The van der Waals surface area contributed by atoms with E-state index in [0.29, 0.717) is 55.8 Å². The van der Waals surface area contributed by atoms with Gasteiger partial charge in [-0.3, -0.25) is 10.1 Å². The van der Waals surface area contributed by atoms with E-state index in [4.69, 9.17) is 9.47 Å². The van der Waals surface area contributed by atoms with E-state index in [0.717, 1.165) is 58.0 Å². The fourth-order valence-corrected chi connectivity index (χ4v) is 7.59. The van der Waals surface area contributed by atoms with E-state index in [-0.39, 0.29) is 24.0 Å². The number of carbonyl (C=O) groups is 1. The lowest BCUT2D eigenvalue weighted by Gasteiger charge is -2.44. The van der Waals surface area contributed by atoms with Gasteiger partial charge in [0.15, 0.2) is 0 Å². The minimum absolute atomic E-state index is 0.0633. The summed E-state index contributed by atoms with van der Waals surface area (Å²) in [6, 6.07) is 1.01. The van der Waals surface area contributed by atoms with Crippen molar-refractivity contribution in [2.45, 2.75) is 114 Å². The van der Waals surface area contributed by atoms with Crippen LogP contribution >= 0.6 is 0 Å². The third-order valence-corrected chi connectivity index (χ3v) is 10.0. The fourth-order valence-electron chi connectivity index (χ4n) is 7.59. The van der Waals surface area contributed by atoms with Gasteiger partial charge in [-0.05, 0) is 95.6 Å². The highest BCUT2D eigenvalue weighted by atomic mass is 16.5. The zero-order valence-corrected chi connectivity index (χ0v) is 22.3. The summed E-state index contributed by atoms with van der Waals surface area (Å²) >= 11 is 0. The van der Waals surface area contributed by atoms with Crippen molar-refractivity contribution in [3.63, 3.8) is 0 Å². The molecule has 0 aromatic carbocycles. The monoisotopic (exact) mass is 506 g/mol. The number of amides is 1. The van der Waals surface area contributed by atoms with E-state index < -0.39 is 6.10 Å². The normalized spacial score (nSPS) is 42.4. The average Bonchev–Trinajstić information content (AvgIpc) is 3.35. The molecule has 5 aliphatic rings. The smallest absolute Gasteiger partial charge is 0.223 e. The minimum Gasteiger partial charge on any atom is -0.390 e. The SMILES string of the molecule is CC1NCOC1COC1CCC2C[C@@H]([C@H](O)CNC(=O)C3CCCC(C4CCCCN4)C3)NCC2C1. The Morgan fingerprint density at radius 2 is 1.92 bits per heavy atom. The van der Waals surface area contributed by atoms with Crippen molar-refractivity contribution in [1.82, 2.24) is 21.3 Å². The molecular formula is C28H50N4O4. The number of aliphatic hydroxyl groups excluding tert-OH is 1. The van der Waals surface area contributed by atoms with Gasteiger partial charge in [0.05, 0.1) is 31.6 Å². The Morgan fingerprint density at radius 3 is 2.72 bits per heavy atom. The third kappa shape index (κ3) is 6.80. The molecule has 3 heterocycles. The van der Waals surface area contributed by atoms with E-state index in [1.165, 1.54) is 25.7 Å². The number of fused-ring (bicyclic) bond motifs is 1. The van der Waals surface area contributed by atoms with Crippen LogP contribution in [-0.4, -0.2) is 80.4 Å². The highest BCUT2D eigenvalue weighted by Crippen LogP contribution is 2.38. The molecule has 5 rings (SSSR count). The van der Waals surface area contributed by atoms with Crippen molar-refractivity contribution in [2.75, 3.05) is 33.0 Å². The quantitative estimate of drug-likeness (QED) is 0.343. The van der Waals surface area contributed by atoms with Crippen molar-refractivity contribution in [1.29, 1.82) is 0 Å². The molecule has 0 spiro atoms. The van der Waals surface area contributed by atoms with Crippen molar-refractivity contribution in [3.8, 4) is 0 Å². The molecule has 2 saturated carbocycles. The summed E-state index contributed by atoms with van der Waals surface area (Å²) < 4.78 is 11.9. The average molecular weight is 507 g/mol. The standard InChI is InChI=1S/C28H50N4O4/c1-18-27(36-17-32-18)16-35-23-9-8-19-13-25(30-14-22(19)12-23)26(33)15-31-28(34)21-6-4-5-20(11-21)24-7-2-3-10-29-24/h18-27,29-30,32-33H,2-17H2,1H3,(H,31,34)/t18?,19?,20?,21?,22?,23?,24?,25-,26+,27?/m0/s1. The van der Waals surface area contributed by atoms with Crippen LogP contribution in [-0.2, 0) is 14.3 Å². The Kier molecular flexibility index (Phi) is 9.58. The third-order valence-electron chi connectivity index (χ3n) is 10.0. The van der Waals surface area contributed by atoms with E-state index in [1.807, 2.05) is 0 Å². The first-order valence-electron chi connectivity index (χ1n) is 15.0. The van der Waals surface area contributed by atoms with Crippen molar-refractivity contribution >= 4 is 5.91 Å². The lowest BCUT2D eigenvalue weighted by Crippen LogP contribution is -2.54. The van der Waals surface area contributed by atoms with Gasteiger partial charge in [0.1, 0.15) is 0 Å². The largest absolute Gasteiger partial charge is 0.390 e. The first-order chi connectivity index (χ1) is 17.6. The number of ether oxygens (including phenoxy) is 2. The van der Waals surface area contributed by atoms with Crippen molar-refractivity contribution in [2.24, 2.45) is 23.7 Å². The van der Waals surface area contributed by atoms with Crippen LogP contribution in [0.25, 0.3) is 0 Å². The summed E-state index contributed by atoms with van der Waals surface area (Å²) in [6.07, 6.45) is 12.5. The number of hydrogen-bond donors (Lipinski definition) is 5. The first kappa shape index (κ1) is 26.8. The Balaban J connectivity index is 1.01. The molecule has 0 bridgehead atoms. The van der Waals surface area contributed by atoms with Crippen LogP contribution in [0, 0.1) is 23.7 Å². The maximum absolute atomic E-state index is 13.0. The summed E-state index contributed by atoms with van der Waals surface area (Å²) in [5.74, 6) is 2.12. The van der Waals surface area contributed by atoms with Gasteiger partial charge in [-0.15, -0.1) is 0 Å². The van der Waals surface area contributed by atoms with Crippen LogP contribution in [0.2, 0.25) is 0 Å². The zero-order valence-electron chi connectivity index (χ0n) is 22.3. The molecule has 0 radical (unpaired) electrons. The van der Waals surface area contributed by atoms with Gasteiger partial charge in [0.2, 0.25) is 5.91 Å². The Hall–Kier alpha value is -0.770. The predicted molar refractivity (Wildman–Crippen MR) is 139 cm³/mol. The molecule has 8 nitrogen and oxygen atoms in total. The second-order valence-corrected chi connectivity index (χ2v) is 12.4. The lowest BCUT2D eigenvalue weighted by atomic mass is 9.72. The molecule has 8 unspecified atom stereocenters. The second kappa shape index (κ2) is 12.9. The van der Waals surface area contributed by atoms with Crippen LogP contribution < -0.4 is 21.3 Å². The first-order valence-corrected chi connectivity index (χ1v) is 15.0. The molecule has 36 heavy (non-hydrogen) atoms. The van der Waals surface area contributed by atoms with E-state index in [9.17, 15) is 9.90 Å². The molecular weight excluding hydrogens is 456 g/mol. The highest BCUT2D eigenvalue weighted by molar-refractivity contribution is 5.78. The van der Waals surface area contributed by atoms with Gasteiger partial charge >= 0.3 is 0 Å². The van der Waals surface area contributed by atoms with Crippen LogP contribution in [0.5, 0.6) is 0 Å². The Morgan fingerprint density at radius 1 is 1.00 bits per heavy atom. The topological polar surface area (TPSA) is 104 Å². The number of piperidine rings is 2. The lowest BCUT2D eigenvalue weighted by molar-refractivity contribution is -0.127. The molecule has 5 N–H and O–H groups in total. The molecule has 0 aromatic heterocycles. The van der Waals surface area contributed by atoms with Gasteiger partial charge < -0.3 is 30.5 Å². The van der Waals surface area contributed by atoms with E-state index >= 15 is 0 Å². The Labute approximate surface area is 217 Å². The van der Waals surface area contributed by atoms with Gasteiger partial charge in [-0.25, -0.2) is 0 Å². The van der Waals surface area contributed by atoms with Crippen LogP contribution in [0.1, 0.15) is 77.6 Å². The van der Waals surface area contributed by atoms with E-state index in [2.05, 4.69) is 28.2 Å². The molecule has 0 aromatic rings. The minimum atomic E-state index is -0.531. The molecule has 5 fully saturated rings. The van der Waals surface area contributed by atoms with Gasteiger partial charge in [0.25, 0.3) is 0 Å². The number of carbonyl (C=O) groups excluding carboxylic acids is 1. The van der Waals surface area contributed by atoms with Gasteiger partial charge in [-0.1, -0.05) is 12.8 Å². The summed E-state index contributed by atoms with van der Waals surface area (Å²) in [7, 11) is 0. The fraction of sp³-hybridized carbons (Fsp3) is 0.964. The molecule has 10 atom stereocenters. The summed E-state index contributed by atoms with van der Waals surface area (Å²) in [5, 5.41) is 24.6. The van der Waals surface area contributed by atoms with Gasteiger partial charge in [-0.2, -0.15) is 0 Å². The summed E-state index contributed by atoms with van der Waals surface area (Å²) in [6.45, 7) is 5.85. The van der Waals surface area contributed by atoms with Crippen LogP contribution in [0.4, 0.5) is 0 Å². The maximum Gasteiger partial charge on any atom is 0.223 e. The number of rotatable bonds is 8. The maximum atomic E-state index is 13.0. The van der Waals surface area contributed by atoms with E-state index in [1.54, 1.807) is 0 Å². The molecule has 206 valence electrons. The highest BCUT2D eigenvalue weighted by Gasteiger charge is 2.39.